The van der Waals surface area contributed by atoms with Crippen LogP contribution in [0.5, 0.6) is 0 Å². The molecule has 2 heterocycles. The summed E-state index contributed by atoms with van der Waals surface area (Å²) in [6.07, 6.45) is 1.80. The first kappa shape index (κ1) is 11.7. The number of hydrogen-bond acceptors (Lipinski definition) is 5. The van der Waals surface area contributed by atoms with Crippen molar-refractivity contribution in [1.29, 1.82) is 0 Å². The van der Waals surface area contributed by atoms with E-state index in [0.29, 0.717) is 25.0 Å². The molecular formula is C9H17NO3S2. The lowest BCUT2D eigenvalue weighted by atomic mass is 9.78. The highest BCUT2D eigenvalue weighted by atomic mass is 32.2. The van der Waals surface area contributed by atoms with Crippen molar-refractivity contribution in [1.82, 2.24) is 0 Å². The highest BCUT2D eigenvalue weighted by Crippen LogP contribution is 2.40. The van der Waals surface area contributed by atoms with Crippen molar-refractivity contribution < 1.29 is 13.5 Å². The van der Waals surface area contributed by atoms with Gasteiger partial charge in [0.2, 0.25) is 0 Å². The minimum Gasteiger partial charge on any atom is -0.387 e. The molecule has 0 aromatic rings. The van der Waals surface area contributed by atoms with Gasteiger partial charge in [0.25, 0.3) is 0 Å². The highest BCUT2D eigenvalue weighted by molar-refractivity contribution is 7.99. The van der Waals surface area contributed by atoms with Gasteiger partial charge in [-0.3, -0.25) is 0 Å². The van der Waals surface area contributed by atoms with Gasteiger partial charge in [0, 0.05) is 5.75 Å². The zero-order valence-corrected chi connectivity index (χ0v) is 10.2. The van der Waals surface area contributed by atoms with Crippen LogP contribution in [-0.2, 0) is 9.84 Å². The molecule has 0 radical (unpaired) electrons. The molecule has 2 atom stereocenters. The van der Waals surface area contributed by atoms with Crippen molar-refractivity contribution in [3.05, 3.63) is 0 Å². The van der Waals surface area contributed by atoms with E-state index in [1.807, 2.05) is 0 Å². The van der Waals surface area contributed by atoms with Gasteiger partial charge in [-0.15, -0.1) is 0 Å². The summed E-state index contributed by atoms with van der Waals surface area (Å²) in [4.78, 5) is 0. The van der Waals surface area contributed by atoms with Gasteiger partial charge in [-0.25, -0.2) is 8.42 Å². The zero-order valence-electron chi connectivity index (χ0n) is 8.61. The summed E-state index contributed by atoms with van der Waals surface area (Å²) >= 11 is 1.65. The Kier molecular flexibility index (Phi) is 2.82. The zero-order chi connectivity index (χ0) is 11.2. The molecule has 2 aliphatic rings. The Morgan fingerprint density at radius 2 is 2.07 bits per heavy atom. The van der Waals surface area contributed by atoms with Crippen LogP contribution < -0.4 is 5.73 Å². The van der Waals surface area contributed by atoms with Crippen molar-refractivity contribution in [3.8, 4) is 0 Å². The molecule has 6 heteroatoms. The molecule has 15 heavy (non-hydrogen) atoms. The fraction of sp³-hybridized carbons (Fsp3) is 1.00. The molecule has 4 nitrogen and oxygen atoms in total. The predicted octanol–water partition coefficient (Wildman–Crippen LogP) is -0.240. The first-order chi connectivity index (χ1) is 6.87. The van der Waals surface area contributed by atoms with Gasteiger partial charge in [-0.1, -0.05) is 0 Å². The average Bonchev–Trinajstić information content (AvgIpc) is 2.51. The summed E-state index contributed by atoms with van der Waals surface area (Å²) < 4.78 is 23.1. The molecule has 0 bridgehead atoms. The van der Waals surface area contributed by atoms with Crippen molar-refractivity contribution in [2.45, 2.75) is 30.4 Å². The Labute approximate surface area is 94.5 Å². The Hall–Kier alpha value is 0.220. The minimum absolute atomic E-state index is 0.0585. The number of rotatable bonds is 1. The normalized spacial score (nSPS) is 45.5. The summed E-state index contributed by atoms with van der Waals surface area (Å²) in [6.45, 7) is 0. The van der Waals surface area contributed by atoms with Crippen LogP contribution in [0, 0.1) is 0 Å². The SMILES string of the molecule is NC1(C2(O)CCSC2)CCCS(=O)(=O)C1. The maximum Gasteiger partial charge on any atom is 0.152 e. The van der Waals surface area contributed by atoms with Crippen LogP contribution >= 0.6 is 11.8 Å². The standard InChI is InChI=1S/C9H17NO3S2/c10-8(9(11)3-4-14-6-9)2-1-5-15(12,13)7-8/h11H,1-7,10H2. The smallest absolute Gasteiger partial charge is 0.152 e. The van der Waals surface area contributed by atoms with Gasteiger partial charge < -0.3 is 10.8 Å². The predicted molar refractivity (Wildman–Crippen MR) is 61.7 cm³/mol. The van der Waals surface area contributed by atoms with E-state index in [9.17, 15) is 13.5 Å². The third kappa shape index (κ3) is 2.05. The quantitative estimate of drug-likeness (QED) is 0.672. The molecule has 88 valence electrons. The number of thioether (sulfide) groups is 1. The van der Waals surface area contributed by atoms with Gasteiger partial charge in [-0.2, -0.15) is 11.8 Å². The second kappa shape index (κ2) is 3.61. The van der Waals surface area contributed by atoms with Crippen LogP contribution in [0.25, 0.3) is 0 Å². The summed E-state index contributed by atoms with van der Waals surface area (Å²) in [7, 11) is -3.06. The maximum absolute atomic E-state index is 11.6. The van der Waals surface area contributed by atoms with Gasteiger partial charge >= 0.3 is 0 Å². The van der Waals surface area contributed by atoms with Gasteiger partial charge in [0.15, 0.2) is 9.84 Å². The summed E-state index contributed by atoms with van der Waals surface area (Å²) in [6, 6.07) is 0. The lowest BCUT2D eigenvalue weighted by Crippen LogP contribution is -2.66. The monoisotopic (exact) mass is 251 g/mol. The van der Waals surface area contributed by atoms with Crippen molar-refractivity contribution >= 4 is 21.6 Å². The maximum atomic E-state index is 11.6. The van der Waals surface area contributed by atoms with Crippen LogP contribution in [0.4, 0.5) is 0 Å². The summed E-state index contributed by atoms with van der Waals surface area (Å²) in [5.74, 6) is 1.60. The van der Waals surface area contributed by atoms with Gasteiger partial charge in [0.05, 0.1) is 22.6 Å². The molecule has 3 N–H and O–H groups in total. The molecule has 0 spiro atoms. The third-order valence-electron chi connectivity index (χ3n) is 3.48. The molecule has 2 rings (SSSR count). The summed E-state index contributed by atoms with van der Waals surface area (Å²) in [5.41, 5.74) is 4.23. The van der Waals surface area contributed by atoms with Crippen LogP contribution in [0.2, 0.25) is 0 Å². The Balaban J connectivity index is 2.25. The van der Waals surface area contributed by atoms with E-state index in [-0.39, 0.29) is 11.5 Å². The van der Waals surface area contributed by atoms with Crippen LogP contribution in [0.1, 0.15) is 19.3 Å². The van der Waals surface area contributed by atoms with E-state index in [1.54, 1.807) is 11.8 Å². The van der Waals surface area contributed by atoms with Gasteiger partial charge in [-0.05, 0) is 25.0 Å². The molecule has 0 amide bonds. The highest BCUT2D eigenvalue weighted by Gasteiger charge is 2.52. The van der Waals surface area contributed by atoms with E-state index in [1.165, 1.54) is 0 Å². The molecule has 0 saturated carbocycles. The second-order valence-electron chi connectivity index (χ2n) is 4.69. The molecule has 2 unspecified atom stereocenters. The minimum atomic E-state index is -3.06. The van der Waals surface area contributed by atoms with Crippen LogP contribution in [0.3, 0.4) is 0 Å². The van der Waals surface area contributed by atoms with Crippen LogP contribution in [-0.4, -0.2) is 47.7 Å². The molecule has 2 aliphatic heterocycles. The molecule has 0 aromatic heterocycles. The Bertz CT molecular complexity index is 348. The van der Waals surface area contributed by atoms with E-state index in [2.05, 4.69) is 0 Å². The lowest BCUT2D eigenvalue weighted by molar-refractivity contribution is -0.00840. The number of aliphatic hydroxyl groups is 1. The first-order valence-electron chi connectivity index (χ1n) is 5.16. The summed E-state index contributed by atoms with van der Waals surface area (Å²) in [5, 5.41) is 10.4. The Morgan fingerprint density at radius 3 is 2.60 bits per heavy atom. The van der Waals surface area contributed by atoms with E-state index in [4.69, 9.17) is 5.73 Å². The largest absolute Gasteiger partial charge is 0.387 e. The first-order valence-corrected chi connectivity index (χ1v) is 8.14. The molecule has 2 saturated heterocycles. The molecule has 2 fully saturated rings. The lowest BCUT2D eigenvalue weighted by Gasteiger charge is -2.44. The third-order valence-corrected chi connectivity index (χ3v) is 6.52. The van der Waals surface area contributed by atoms with Gasteiger partial charge in [0.1, 0.15) is 0 Å². The second-order valence-corrected chi connectivity index (χ2v) is 7.98. The topological polar surface area (TPSA) is 80.4 Å². The Morgan fingerprint density at radius 1 is 1.33 bits per heavy atom. The van der Waals surface area contributed by atoms with E-state index < -0.39 is 21.0 Å². The fourth-order valence-corrected chi connectivity index (χ4v) is 5.78. The van der Waals surface area contributed by atoms with Crippen molar-refractivity contribution in [3.63, 3.8) is 0 Å². The molecule has 0 aromatic carbocycles. The van der Waals surface area contributed by atoms with Crippen molar-refractivity contribution in [2.24, 2.45) is 5.73 Å². The molecule has 0 aliphatic carbocycles. The van der Waals surface area contributed by atoms with Crippen molar-refractivity contribution in [2.75, 3.05) is 23.0 Å². The fourth-order valence-electron chi connectivity index (χ4n) is 2.46. The number of nitrogens with two attached hydrogens (primary N) is 1. The van der Waals surface area contributed by atoms with Crippen LogP contribution in [0.15, 0.2) is 0 Å². The van der Waals surface area contributed by atoms with E-state index in [0.717, 1.165) is 5.75 Å². The molecular weight excluding hydrogens is 234 g/mol. The average molecular weight is 251 g/mol. The number of hydrogen-bond donors (Lipinski definition) is 2. The number of sulfone groups is 1. The van der Waals surface area contributed by atoms with E-state index >= 15 is 0 Å².